The molecule has 15 heavy (non-hydrogen) atoms. The first kappa shape index (κ1) is 12.5. The predicted molar refractivity (Wildman–Crippen MR) is 57.6 cm³/mol. The largest absolute Gasteiger partial charge is 0.465 e. The number of nitrogens with one attached hydrogen (secondary N) is 1. The first-order chi connectivity index (χ1) is 7.13. The van der Waals surface area contributed by atoms with Crippen LogP contribution in [-0.2, 0) is 14.3 Å². The first-order valence-electron chi connectivity index (χ1n) is 5.56. The lowest BCUT2D eigenvalue weighted by Gasteiger charge is -2.11. The van der Waals surface area contributed by atoms with Crippen molar-refractivity contribution < 1.29 is 14.3 Å². The van der Waals surface area contributed by atoms with Gasteiger partial charge in [0.25, 0.3) is 0 Å². The van der Waals surface area contributed by atoms with Crippen LogP contribution in [0.15, 0.2) is 0 Å². The van der Waals surface area contributed by atoms with E-state index < -0.39 is 0 Å². The molecule has 0 spiro atoms. The molecule has 0 aromatic carbocycles. The van der Waals surface area contributed by atoms with Gasteiger partial charge in [0.2, 0.25) is 0 Å². The molecule has 1 aliphatic heterocycles. The number of carbonyl (C=O) groups excluding carboxylic acids is 1. The molecule has 88 valence electrons. The highest BCUT2D eigenvalue weighted by atomic mass is 16.5. The minimum Gasteiger partial charge on any atom is -0.465 e. The van der Waals surface area contributed by atoms with Crippen LogP contribution in [0.25, 0.3) is 0 Å². The molecule has 0 saturated carbocycles. The van der Waals surface area contributed by atoms with Crippen molar-refractivity contribution in [3.63, 3.8) is 0 Å². The van der Waals surface area contributed by atoms with Gasteiger partial charge in [0, 0.05) is 20.1 Å². The number of esters is 1. The number of hydrogen-bond acceptors (Lipinski definition) is 4. The Labute approximate surface area is 91.3 Å². The highest BCUT2D eigenvalue weighted by molar-refractivity contribution is 5.76. The van der Waals surface area contributed by atoms with Crippen molar-refractivity contribution in [2.24, 2.45) is 5.92 Å². The smallest absolute Gasteiger partial charge is 0.323 e. The summed E-state index contributed by atoms with van der Waals surface area (Å²) in [5.74, 6) is 0.427. The van der Waals surface area contributed by atoms with Crippen molar-refractivity contribution >= 4 is 5.97 Å². The van der Waals surface area contributed by atoms with Gasteiger partial charge in [0.15, 0.2) is 0 Å². The van der Waals surface area contributed by atoms with Gasteiger partial charge in [-0.3, -0.25) is 4.79 Å². The summed E-state index contributed by atoms with van der Waals surface area (Å²) < 4.78 is 10.3. The fourth-order valence-corrected chi connectivity index (χ4v) is 1.56. The van der Waals surface area contributed by atoms with Crippen molar-refractivity contribution in [3.05, 3.63) is 0 Å². The van der Waals surface area contributed by atoms with Gasteiger partial charge in [-0.1, -0.05) is 13.8 Å². The third-order valence-corrected chi connectivity index (χ3v) is 2.65. The van der Waals surface area contributed by atoms with Gasteiger partial charge >= 0.3 is 5.97 Å². The molecular formula is C11H21NO3. The average Bonchev–Trinajstić information content (AvgIpc) is 2.65. The Hall–Kier alpha value is -0.610. The second kappa shape index (κ2) is 6.08. The van der Waals surface area contributed by atoms with Gasteiger partial charge in [-0.05, 0) is 12.3 Å². The van der Waals surface area contributed by atoms with Gasteiger partial charge in [0.05, 0.1) is 12.7 Å². The van der Waals surface area contributed by atoms with Crippen molar-refractivity contribution in [3.8, 4) is 0 Å². The van der Waals surface area contributed by atoms with Crippen LogP contribution < -0.4 is 5.32 Å². The topological polar surface area (TPSA) is 47.6 Å². The Kier molecular flexibility index (Phi) is 5.05. The van der Waals surface area contributed by atoms with E-state index >= 15 is 0 Å². The zero-order chi connectivity index (χ0) is 11.3. The lowest BCUT2D eigenvalue weighted by atomic mass is 10.1. The number of rotatable bonds is 5. The third kappa shape index (κ3) is 4.18. The van der Waals surface area contributed by atoms with E-state index in [1.807, 2.05) is 0 Å². The maximum Gasteiger partial charge on any atom is 0.323 e. The summed E-state index contributed by atoms with van der Waals surface area (Å²) in [6.07, 6.45) is 1.79. The molecular weight excluding hydrogens is 194 g/mol. The number of methoxy groups -OCH3 is 1. The van der Waals surface area contributed by atoms with Crippen LogP contribution in [0.4, 0.5) is 0 Å². The minimum atomic E-state index is -0.179. The summed E-state index contributed by atoms with van der Waals surface area (Å²) in [6, 6.07) is -0.179. The molecule has 1 rings (SSSR count). The molecule has 0 aromatic rings. The molecule has 2 unspecified atom stereocenters. The van der Waals surface area contributed by atoms with Crippen LogP contribution in [-0.4, -0.2) is 38.4 Å². The molecule has 1 aliphatic rings. The fourth-order valence-electron chi connectivity index (χ4n) is 1.56. The molecule has 1 saturated heterocycles. The molecule has 1 heterocycles. The SMILES string of the molecule is COC1CNC(C(=O)OCCC(C)C)C1. The van der Waals surface area contributed by atoms with E-state index in [2.05, 4.69) is 19.2 Å². The second-order valence-electron chi connectivity index (χ2n) is 4.40. The molecule has 0 aliphatic carbocycles. The van der Waals surface area contributed by atoms with Crippen LogP contribution >= 0.6 is 0 Å². The van der Waals surface area contributed by atoms with Crippen LogP contribution in [0.3, 0.4) is 0 Å². The zero-order valence-corrected chi connectivity index (χ0v) is 9.79. The third-order valence-electron chi connectivity index (χ3n) is 2.65. The fraction of sp³-hybridized carbons (Fsp3) is 0.909. The van der Waals surface area contributed by atoms with Crippen molar-refractivity contribution in [1.82, 2.24) is 5.32 Å². The van der Waals surface area contributed by atoms with Gasteiger partial charge in [-0.15, -0.1) is 0 Å². The van der Waals surface area contributed by atoms with E-state index in [-0.39, 0.29) is 18.1 Å². The Morgan fingerprint density at radius 1 is 1.53 bits per heavy atom. The summed E-state index contributed by atoms with van der Waals surface area (Å²) in [4.78, 5) is 11.5. The van der Waals surface area contributed by atoms with E-state index in [4.69, 9.17) is 9.47 Å². The van der Waals surface area contributed by atoms with Crippen molar-refractivity contribution in [2.75, 3.05) is 20.3 Å². The van der Waals surface area contributed by atoms with Crippen molar-refractivity contribution in [1.29, 1.82) is 0 Å². The Morgan fingerprint density at radius 3 is 2.80 bits per heavy atom. The summed E-state index contributed by atoms with van der Waals surface area (Å²) in [7, 11) is 1.67. The highest BCUT2D eigenvalue weighted by Crippen LogP contribution is 2.11. The number of carbonyl (C=O) groups is 1. The quantitative estimate of drug-likeness (QED) is 0.694. The van der Waals surface area contributed by atoms with E-state index in [9.17, 15) is 4.79 Å². The monoisotopic (exact) mass is 215 g/mol. The van der Waals surface area contributed by atoms with E-state index in [1.54, 1.807) is 7.11 Å². The summed E-state index contributed by atoms with van der Waals surface area (Å²) in [5.41, 5.74) is 0. The maximum absolute atomic E-state index is 11.5. The van der Waals surface area contributed by atoms with Gasteiger partial charge in [-0.25, -0.2) is 0 Å². The van der Waals surface area contributed by atoms with Crippen LogP contribution in [0.5, 0.6) is 0 Å². The van der Waals surface area contributed by atoms with E-state index in [0.717, 1.165) is 19.4 Å². The molecule has 4 nitrogen and oxygen atoms in total. The van der Waals surface area contributed by atoms with Crippen LogP contribution in [0, 0.1) is 5.92 Å². The molecule has 2 atom stereocenters. The van der Waals surface area contributed by atoms with Crippen molar-refractivity contribution in [2.45, 2.75) is 38.8 Å². The first-order valence-corrected chi connectivity index (χ1v) is 5.56. The average molecular weight is 215 g/mol. The van der Waals surface area contributed by atoms with Crippen LogP contribution in [0.2, 0.25) is 0 Å². The number of ether oxygens (including phenoxy) is 2. The molecule has 1 N–H and O–H groups in total. The predicted octanol–water partition coefficient (Wildman–Crippen LogP) is 0.953. The normalized spacial score (nSPS) is 25.9. The van der Waals surface area contributed by atoms with E-state index in [0.29, 0.717) is 12.5 Å². The molecule has 4 heteroatoms. The minimum absolute atomic E-state index is 0.143. The van der Waals surface area contributed by atoms with E-state index in [1.165, 1.54) is 0 Å². The molecule has 0 amide bonds. The van der Waals surface area contributed by atoms with Gasteiger partial charge < -0.3 is 14.8 Å². The number of hydrogen-bond donors (Lipinski definition) is 1. The Morgan fingerprint density at radius 2 is 2.27 bits per heavy atom. The molecule has 0 aromatic heterocycles. The highest BCUT2D eigenvalue weighted by Gasteiger charge is 2.30. The lowest BCUT2D eigenvalue weighted by Crippen LogP contribution is -2.32. The second-order valence-corrected chi connectivity index (χ2v) is 4.40. The Bertz CT molecular complexity index is 206. The molecule has 1 fully saturated rings. The standard InChI is InChI=1S/C11H21NO3/c1-8(2)4-5-15-11(13)10-6-9(14-3)7-12-10/h8-10,12H,4-7H2,1-3H3. The van der Waals surface area contributed by atoms with Gasteiger partial charge in [-0.2, -0.15) is 0 Å². The molecule has 0 radical (unpaired) electrons. The summed E-state index contributed by atoms with van der Waals surface area (Å²) >= 11 is 0. The zero-order valence-electron chi connectivity index (χ0n) is 9.79. The lowest BCUT2D eigenvalue weighted by molar-refractivity contribution is -0.146. The summed E-state index contributed by atoms with van der Waals surface area (Å²) in [6.45, 7) is 5.48. The molecule has 0 bridgehead atoms. The maximum atomic E-state index is 11.5. The Balaban J connectivity index is 2.18. The summed E-state index contributed by atoms with van der Waals surface area (Å²) in [5, 5.41) is 3.10. The van der Waals surface area contributed by atoms with Crippen LogP contribution in [0.1, 0.15) is 26.7 Å². The van der Waals surface area contributed by atoms with Gasteiger partial charge in [0.1, 0.15) is 6.04 Å².